The average Bonchev–Trinajstić information content (AvgIpc) is 3.23. The van der Waals surface area contributed by atoms with E-state index in [1.807, 2.05) is 30.3 Å². The van der Waals surface area contributed by atoms with E-state index in [4.69, 9.17) is 28.2 Å². The summed E-state index contributed by atoms with van der Waals surface area (Å²) >= 11 is 12.8. The summed E-state index contributed by atoms with van der Waals surface area (Å²) < 4.78 is 0. The van der Waals surface area contributed by atoms with Crippen LogP contribution in [-0.2, 0) is 6.42 Å². The molecule has 1 aromatic heterocycles. The van der Waals surface area contributed by atoms with Crippen LogP contribution in [0.15, 0.2) is 54.6 Å². The second-order valence-electron chi connectivity index (χ2n) is 8.69. The Kier molecular flexibility index (Phi) is 5.47. The summed E-state index contributed by atoms with van der Waals surface area (Å²) in [4.78, 5) is 8.29. The standard InChI is InChI=1S/C28H19Cl2N3O/c1-28(2,34)12-4-5-16-8-10-19-21(13-16)22-14-18(29)9-11-20(22)26-25(19)32-27(33-26)24-17(15-31)6-3-7-23(24)30/h3,6-11,13-14,34H,5H2,1-2H3,(H,32,33). The van der Waals surface area contributed by atoms with Crippen LogP contribution in [0.3, 0.4) is 0 Å². The molecule has 5 aromatic rings. The number of aromatic amines is 1. The molecule has 34 heavy (non-hydrogen) atoms. The Labute approximate surface area is 206 Å². The Morgan fingerprint density at radius 2 is 1.76 bits per heavy atom. The number of aliphatic hydroxyl groups is 1. The van der Waals surface area contributed by atoms with Gasteiger partial charge < -0.3 is 10.1 Å². The van der Waals surface area contributed by atoms with Crippen molar-refractivity contribution in [3.05, 3.63) is 75.8 Å². The number of H-pyrrole nitrogens is 1. The summed E-state index contributed by atoms with van der Waals surface area (Å²) in [6, 6.07) is 19.3. The van der Waals surface area contributed by atoms with Gasteiger partial charge in [-0.2, -0.15) is 5.26 Å². The molecule has 0 aliphatic rings. The van der Waals surface area contributed by atoms with Crippen molar-refractivity contribution in [2.45, 2.75) is 25.9 Å². The van der Waals surface area contributed by atoms with E-state index in [1.165, 1.54) is 0 Å². The van der Waals surface area contributed by atoms with E-state index in [0.29, 0.717) is 33.4 Å². The number of aromatic nitrogens is 2. The van der Waals surface area contributed by atoms with Gasteiger partial charge in [0.05, 0.1) is 33.3 Å². The van der Waals surface area contributed by atoms with Gasteiger partial charge in [-0.3, -0.25) is 0 Å². The number of nitriles is 1. The van der Waals surface area contributed by atoms with Crippen LogP contribution in [0.5, 0.6) is 0 Å². The Morgan fingerprint density at radius 3 is 2.53 bits per heavy atom. The van der Waals surface area contributed by atoms with Crippen LogP contribution in [0.4, 0.5) is 0 Å². The third kappa shape index (κ3) is 3.98. The molecule has 5 rings (SSSR count). The Morgan fingerprint density at radius 1 is 1.00 bits per heavy atom. The van der Waals surface area contributed by atoms with Crippen LogP contribution in [-0.4, -0.2) is 20.7 Å². The van der Waals surface area contributed by atoms with Crippen molar-refractivity contribution in [1.29, 1.82) is 5.26 Å². The fourth-order valence-corrected chi connectivity index (χ4v) is 4.63. The molecule has 0 unspecified atom stereocenters. The molecule has 0 fully saturated rings. The van der Waals surface area contributed by atoms with Gasteiger partial charge in [0.1, 0.15) is 11.4 Å². The summed E-state index contributed by atoms with van der Waals surface area (Å²) in [5.74, 6) is 6.46. The van der Waals surface area contributed by atoms with Gasteiger partial charge in [-0.25, -0.2) is 4.98 Å². The predicted molar refractivity (Wildman–Crippen MR) is 139 cm³/mol. The van der Waals surface area contributed by atoms with Crippen LogP contribution < -0.4 is 0 Å². The first-order chi connectivity index (χ1) is 16.2. The van der Waals surface area contributed by atoms with Gasteiger partial charge in [-0.15, -0.1) is 0 Å². The maximum atomic E-state index is 9.88. The average molecular weight is 484 g/mol. The highest BCUT2D eigenvalue weighted by molar-refractivity contribution is 6.34. The van der Waals surface area contributed by atoms with Gasteiger partial charge in [0, 0.05) is 22.2 Å². The smallest absolute Gasteiger partial charge is 0.141 e. The lowest BCUT2D eigenvalue weighted by atomic mass is 9.97. The topological polar surface area (TPSA) is 72.7 Å². The van der Waals surface area contributed by atoms with Crippen molar-refractivity contribution < 1.29 is 5.11 Å². The first-order valence-corrected chi connectivity index (χ1v) is 11.5. The third-order valence-electron chi connectivity index (χ3n) is 5.64. The van der Waals surface area contributed by atoms with Crippen LogP contribution in [0.2, 0.25) is 10.0 Å². The molecule has 1 heterocycles. The molecule has 2 N–H and O–H groups in total. The summed E-state index contributed by atoms with van der Waals surface area (Å²) in [5, 5.41) is 24.5. The molecule has 6 heteroatoms. The lowest BCUT2D eigenvalue weighted by Gasteiger charge is -2.09. The molecular formula is C28H19Cl2N3O. The van der Waals surface area contributed by atoms with Gasteiger partial charge in [0.2, 0.25) is 0 Å². The second kappa shape index (κ2) is 8.35. The highest BCUT2D eigenvalue weighted by Gasteiger charge is 2.18. The minimum Gasteiger partial charge on any atom is -0.378 e. The number of hydrogen-bond acceptors (Lipinski definition) is 3. The zero-order valence-corrected chi connectivity index (χ0v) is 20.0. The molecule has 0 amide bonds. The summed E-state index contributed by atoms with van der Waals surface area (Å²) in [6.45, 7) is 3.33. The van der Waals surface area contributed by atoms with E-state index in [1.54, 1.807) is 32.0 Å². The van der Waals surface area contributed by atoms with Gasteiger partial charge in [0.15, 0.2) is 0 Å². The number of nitrogens with one attached hydrogen (secondary N) is 1. The third-order valence-corrected chi connectivity index (χ3v) is 6.19. The summed E-state index contributed by atoms with van der Waals surface area (Å²) in [7, 11) is 0. The zero-order valence-electron chi connectivity index (χ0n) is 18.5. The van der Waals surface area contributed by atoms with Crippen molar-refractivity contribution in [3.8, 4) is 29.3 Å². The molecule has 166 valence electrons. The maximum Gasteiger partial charge on any atom is 0.141 e. The maximum absolute atomic E-state index is 9.88. The molecule has 4 nitrogen and oxygen atoms in total. The Hall–Kier alpha value is -3.54. The fraction of sp³-hybridized carbons (Fsp3) is 0.143. The summed E-state index contributed by atoms with van der Waals surface area (Å²) in [5.41, 5.74) is 2.68. The highest BCUT2D eigenvalue weighted by atomic mass is 35.5. The van der Waals surface area contributed by atoms with Crippen molar-refractivity contribution in [3.63, 3.8) is 0 Å². The van der Waals surface area contributed by atoms with Crippen molar-refractivity contribution in [2.75, 3.05) is 0 Å². The van der Waals surface area contributed by atoms with Crippen LogP contribution >= 0.6 is 23.2 Å². The minimum atomic E-state index is -1.03. The molecule has 4 aromatic carbocycles. The molecule has 0 radical (unpaired) electrons. The molecule has 0 spiro atoms. The number of rotatable bonds is 2. The highest BCUT2D eigenvalue weighted by Crippen LogP contribution is 2.38. The van der Waals surface area contributed by atoms with Gasteiger partial charge in [-0.05, 0) is 60.5 Å². The van der Waals surface area contributed by atoms with E-state index in [0.717, 1.165) is 38.1 Å². The molecule has 0 atom stereocenters. The monoisotopic (exact) mass is 483 g/mol. The number of hydrogen-bond donors (Lipinski definition) is 2. The first kappa shape index (κ1) is 22.3. The van der Waals surface area contributed by atoms with Crippen LogP contribution in [0, 0.1) is 23.2 Å². The Balaban J connectivity index is 1.80. The van der Waals surface area contributed by atoms with E-state index >= 15 is 0 Å². The predicted octanol–water partition coefficient (Wildman–Crippen LogP) is 7.03. The molecular weight excluding hydrogens is 465 g/mol. The zero-order chi connectivity index (χ0) is 24.0. The van der Waals surface area contributed by atoms with E-state index in [2.05, 4.69) is 29.0 Å². The molecule has 0 aliphatic heterocycles. The van der Waals surface area contributed by atoms with Crippen molar-refractivity contribution in [2.24, 2.45) is 0 Å². The molecule has 0 saturated carbocycles. The summed E-state index contributed by atoms with van der Waals surface area (Å²) in [6.07, 6.45) is 0.513. The number of imidazole rings is 1. The number of benzene rings is 4. The van der Waals surface area contributed by atoms with E-state index in [9.17, 15) is 10.4 Å². The first-order valence-electron chi connectivity index (χ1n) is 10.7. The number of fused-ring (bicyclic) bond motifs is 6. The lowest BCUT2D eigenvalue weighted by Crippen LogP contribution is -2.14. The van der Waals surface area contributed by atoms with Crippen molar-refractivity contribution in [1.82, 2.24) is 9.97 Å². The number of nitrogens with zero attached hydrogens (tertiary/aromatic N) is 2. The van der Waals surface area contributed by atoms with Gasteiger partial charge >= 0.3 is 0 Å². The van der Waals surface area contributed by atoms with Gasteiger partial charge in [-0.1, -0.05) is 59.3 Å². The van der Waals surface area contributed by atoms with Crippen LogP contribution in [0.1, 0.15) is 25.0 Å². The van der Waals surface area contributed by atoms with E-state index in [-0.39, 0.29) is 0 Å². The SMILES string of the molecule is CC(C)(O)C#CCc1ccc2c(c1)c1cc(Cl)ccc1c1nc(-c3c(Cl)cccc3C#N)[nH]c21. The van der Waals surface area contributed by atoms with Crippen molar-refractivity contribution >= 4 is 55.8 Å². The van der Waals surface area contributed by atoms with Gasteiger partial charge in [0.25, 0.3) is 0 Å². The number of halogens is 2. The molecule has 0 saturated heterocycles. The fourth-order valence-electron chi connectivity index (χ4n) is 4.19. The Bertz CT molecular complexity index is 1710. The molecule has 0 bridgehead atoms. The normalized spacial score (nSPS) is 11.5. The quantitative estimate of drug-likeness (QED) is 0.209. The largest absolute Gasteiger partial charge is 0.378 e. The van der Waals surface area contributed by atoms with E-state index < -0.39 is 5.60 Å². The second-order valence-corrected chi connectivity index (χ2v) is 9.53. The van der Waals surface area contributed by atoms with Crippen LogP contribution in [0.25, 0.3) is 44.0 Å². The lowest BCUT2D eigenvalue weighted by molar-refractivity contribution is 0.143. The minimum absolute atomic E-state index is 0.455. The molecule has 0 aliphatic carbocycles.